The number of nitrogens with two attached hydrogens (primary N) is 1. The molecule has 7 heteroatoms. The third kappa shape index (κ3) is 3.71. The number of ether oxygens (including phenoxy) is 1. The molecule has 0 radical (unpaired) electrons. The highest BCUT2D eigenvalue weighted by Gasteiger charge is 2.25. The zero-order chi connectivity index (χ0) is 14.6. The second-order valence-electron chi connectivity index (χ2n) is 4.63. The number of hydrogen-bond acceptors (Lipinski definition) is 5. The lowest BCUT2D eigenvalue weighted by atomic mass is 10.2. The summed E-state index contributed by atoms with van der Waals surface area (Å²) in [5, 5.41) is 0. The molecule has 110 valence electrons. The molecule has 0 unspecified atom stereocenters. The van der Waals surface area contributed by atoms with Crippen molar-refractivity contribution in [2.24, 2.45) is 5.73 Å². The van der Waals surface area contributed by atoms with Crippen molar-refractivity contribution in [3.05, 3.63) is 29.8 Å². The highest BCUT2D eigenvalue weighted by molar-refractivity contribution is 7.91. The van der Waals surface area contributed by atoms with Crippen LogP contribution < -0.4 is 10.5 Å². The van der Waals surface area contributed by atoms with Crippen molar-refractivity contribution in [1.82, 2.24) is 4.90 Å². The molecule has 0 saturated carbocycles. The molecule has 1 aliphatic rings. The van der Waals surface area contributed by atoms with Crippen molar-refractivity contribution < 1.29 is 17.9 Å². The Bertz CT molecular complexity index is 572. The highest BCUT2D eigenvalue weighted by Crippen LogP contribution is 2.17. The average molecular weight is 298 g/mol. The molecule has 1 aliphatic heterocycles. The van der Waals surface area contributed by atoms with E-state index in [1.165, 1.54) is 4.90 Å². The monoisotopic (exact) mass is 298 g/mol. The summed E-state index contributed by atoms with van der Waals surface area (Å²) in [6.07, 6.45) is 0. The second-order valence-corrected chi connectivity index (χ2v) is 6.94. The number of nitrogens with zero attached hydrogens (tertiary/aromatic N) is 1. The maximum absolute atomic E-state index is 12.0. The number of sulfone groups is 1. The molecule has 2 N–H and O–H groups in total. The summed E-state index contributed by atoms with van der Waals surface area (Å²) >= 11 is 0. The van der Waals surface area contributed by atoms with E-state index in [9.17, 15) is 13.2 Å². The van der Waals surface area contributed by atoms with Gasteiger partial charge >= 0.3 is 0 Å². The summed E-state index contributed by atoms with van der Waals surface area (Å²) in [7, 11) is -2.98. The summed E-state index contributed by atoms with van der Waals surface area (Å²) in [6, 6.07) is 7.27. The van der Waals surface area contributed by atoms with Crippen molar-refractivity contribution >= 4 is 15.7 Å². The molecule has 20 heavy (non-hydrogen) atoms. The zero-order valence-electron chi connectivity index (χ0n) is 11.1. The van der Waals surface area contributed by atoms with Crippen LogP contribution in [0.15, 0.2) is 24.3 Å². The van der Waals surface area contributed by atoms with Gasteiger partial charge < -0.3 is 15.4 Å². The van der Waals surface area contributed by atoms with Crippen LogP contribution in [-0.2, 0) is 21.2 Å². The predicted octanol–water partition coefficient (Wildman–Crippen LogP) is -0.219. The van der Waals surface area contributed by atoms with E-state index in [2.05, 4.69) is 0 Å². The van der Waals surface area contributed by atoms with Crippen LogP contribution in [0.5, 0.6) is 5.75 Å². The normalized spacial score (nSPS) is 17.8. The number of rotatable bonds is 4. The van der Waals surface area contributed by atoms with Gasteiger partial charge in [-0.2, -0.15) is 0 Å². The second kappa shape index (κ2) is 6.23. The maximum atomic E-state index is 12.0. The van der Waals surface area contributed by atoms with Gasteiger partial charge in [0.25, 0.3) is 5.91 Å². The van der Waals surface area contributed by atoms with Crippen molar-refractivity contribution in [2.75, 3.05) is 31.2 Å². The molecule has 0 spiro atoms. The highest BCUT2D eigenvalue weighted by atomic mass is 32.2. The summed E-state index contributed by atoms with van der Waals surface area (Å²) in [5.41, 5.74) is 6.42. The van der Waals surface area contributed by atoms with Crippen LogP contribution in [0.25, 0.3) is 0 Å². The Hall–Kier alpha value is -1.60. The third-order valence-corrected chi connectivity index (χ3v) is 4.85. The van der Waals surface area contributed by atoms with Gasteiger partial charge in [0.05, 0.1) is 11.5 Å². The largest absolute Gasteiger partial charge is 0.483 e. The third-order valence-electron chi connectivity index (χ3n) is 3.24. The molecule has 1 saturated heterocycles. The van der Waals surface area contributed by atoms with Crippen LogP contribution >= 0.6 is 0 Å². The van der Waals surface area contributed by atoms with Gasteiger partial charge in [0, 0.05) is 25.2 Å². The maximum Gasteiger partial charge on any atom is 0.260 e. The van der Waals surface area contributed by atoms with Crippen LogP contribution in [0, 0.1) is 0 Å². The number of benzene rings is 1. The lowest BCUT2D eigenvalue weighted by Gasteiger charge is -2.26. The number of carbonyl (C=O) groups is 1. The van der Waals surface area contributed by atoms with Crippen LogP contribution in [-0.4, -0.2) is 50.4 Å². The lowest BCUT2D eigenvalue weighted by molar-refractivity contribution is -0.133. The number of hydrogen-bond donors (Lipinski definition) is 1. The Morgan fingerprint density at radius 1 is 1.25 bits per heavy atom. The van der Waals surface area contributed by atoms with Gasteiger partial charge in [0.15, 0.2) is 16.4 Å². The summed E-state index contributed by atoms with van der Waals surface area (Å²) in [5.74, 6) is 0.440. The molecule has 1 fully saturated rings. The van der Waals surface area contributed by atoms with E-state index in [1.807, 2.05) is 18.2 Å². The molecule has 1 heterocycles. The van der Waals surface area contributed by atoms with E-state index in [0.717, 1.165) is 5.56 Å². The molecule has 0 aliphatic carbocycles. The Kier molecular flexibility index (Phi) is 4.61. The van der Waals surface area contributed by atoms with Crippen LogP contribution in [0.3, 0.4) is 0 Å². The van der Waals surface area contributed by atoms with Crippen LogP contribution in [0.4, 0.5) is 0 Å². The molecule has 0 bridgehead atoms. The summed E-state index contributed by atoms with van der Waals surface area (Å²) < 4.78 is 28.1. The Morgan fingerprint density at radius 3 is 2.55 bits per heavy atom. The van der Waals surface area contributed by atoms with E-state index in [1.54, 1.807) is 6.07 Å². The molecule has 1 aromatic rings. The molecule has 0 atom stereocenters. The van der Waals surface area contributed by atoms with Crippen LogP contribution in [0.2, 0.25) is 0 Å². The molecular weight excluding hydrogens is 280 g/mol. The lowest BCUT2D eigenvalue weighted by Crippen LogP contribution is -2.45. The Labute approximate surface area is 118 Å². The minimum absolute atomic E-state index is 0.0259. The van der Waals surface area contributed by atoms with Crippen molar-refractivity contribution in [3.63, 3.8) is 0 Å². The molecule has 0 aromatic heterocycles. The fourth-order valence-corrected chi connectivity index (χ4v) is 3.21. The van der Waals surface area contributed by atoms with Gasteiger partial charge in [0.1, 0.15) is 5.75 Å². The predicted molar refractivity (Wildman–Crippen MR) is 75.1 cm³/mol. The SMILES string of the molecule is NCc1ccccc1OCC(=O)N1CCS(=O)(=O)CC1. The van der Waals surface area contributed by atoms with Gasteiger partial charge in [0.2, 0.25) is 0 Å². The van der Waals surface area contributed by atoms with Crippen molar-refractivity contribution in [2.45, 2.75) is 6.54 Å². The van der Waals surface area contributed by atoms with Crippen molar-refractivity contribution in [1.29, 1.82) is 0 Å². The standard InChI is InChI=1S/C13H18N2O4S/c14-9-11-3-1-2-4-12(11)19-10-13(16)15-5-7-20(17,18)8-6-15/h1-4H,5-10,14H2. The summed E-state index contributed by atoms with van der Waals surface area (Å²) in [4.78, 5) is 13.5. The fraction of sp³-hybridized carbons (Fsp3) is 0.462. The molecule has 6 nitrogen and oxygen atoms in total. The van der Waals surface area contributed by atoms with Gasteiger partial charge in [-0.05, 0) is 6.07 Å². The first-order valence-corrected chi connectivity index (χ1v) is 8.23. The number of carbonyl (C=O) groups excluding carboxylic acids is 1. The van der Waals surface area contributed by atoms with Gasteiger partial charge in [-0.3, -0.25) is 4.79 Å². The van der Waals surface area contributed by atoms with Gasteiger partial charge in [-0.25, -0.2) is 8.42 Å². The first-order valence-electron chi connectivity index (χ1n) is 6.41. The van der Waals surface area contributed by atoms with E-state index in [0.29, 0.717) is 12.3 Å². The van der Waals surface area contributed by atoms with E-state index >= 15 is 0 Å². The quantitative estimate of drug-likeness (QED) is 0.830. The number of amides is 1. The van der Waals surface area contributed by atoms with E-state index in [-0.39, 0.29) is 37.1 Å². The van der Waals surface area contributed by atoms with E-state index < -0.39 is 9.84 Å². The molecular formula is C13H18N2O4S. The summed E-state index contributed by atoms with van der Waals surface area (Å²) in [6.45, 7) is 0.718. The topological polar surface area (TPSA) is 89.7 Å². The minimum Gasteiger partial charge on any atom is -0.483 e. The molecule has 2 rings (SSSR count). The minimum atomic E-state index is -2.98. The smallest absolute Gasteiger partial charge is 0.260 e. The molecule has 1 amide bonds. The molecule has 1 aromatic carbocycles. The van der Waals surface area contributed by atoms with Crippen molar-refractivity contribution in [3.8, 4) is 5.75 Å². The van der Waals surface area contributed by atoms with Gasteiger partial charge in [-0.15, -0.1) is 0 Å². The Morgan fingerprint density at radius 2 is 1.90 bits per heavy atom. The Balaban J connectivity index is 1.89. The number of para-hydroxylation sites is 1. The fourth-order valence-electron chi connectivity index (χ4n) is 2.01. The first-order chi connectivity index (χ1) is 9.52. The average Bonchev–Trinajstić information content (AvgIpc) is 2.45. The van der Waals surface area contributed by atoms with Gasteiger partial charge in [-0.1, -0.05) is 18.2 Å². The van der Waals surface area contributed by atoms with E-state index in [4.69, 9.17) is 10.5 Å². The first kappa shape index (κ1) is 14.8. The van der Waals surface area contributed by atoms with Crippen LogP contribution in [0.1, 0.15) is 5.56 Å². The zero-order valence-corrected chi connectivity index (χ0v) is 11.9.